The molecular weight excluding hydrogens is 236 g/mol. The van der Waals surface area contributed by atoms with Crippen molar-refractivity contribution in [3.63, 3.8) is 0 Å². The van der Waals surface area contributed by atoms with Crippen molar-refractivity contribution in [2.24, 2.45) is 5.73 Å². The van der Waals surface area contributed by atoms with Gasteiger partial charge in [0.1, 0.15) is 0 Å². The Hall–Kier alpha value is -1.40. The van der Waals surface area contributed by atoms with Crippen LogP contribution in [0.3, 0.4) is 0 Å². The Bertz CT molecular complexity index is 452. The molecular formula is C11H16N4OS. The molecule has 1 atom stereocenters. The fourth-order valence-corrected chi connectivity index (χ4v) is 2.16. The standard InChI is InChI=1S/C11H16N4OS/c1-3-15(7-9-5-4-6-17-9)11-14-13-10(16-11)8(2)12/h4-6,8H,3,7,12H2,1-2H3. The third-order valence-corrected chi connectivity index (χ3v) is 3.26. The van der Waals surface area contributed by atoms with Crippen LogP contribution in [0.4, 0.5) is 6.01 Å². The van der Waals surface area contributed by atoms with Gasteiger partial charge in [0.15, 0.2) is 0 Å². The number of nitrogens with zero attached hydrogens (tertiary/aromatic N) is 3. The summed E-state index contributed by atoms with van der Waals surface area (Å²) in [5, 5.41) is 10.0. The van der Waals surface area contributed by atoms with Crippen LogP contribution in [0.5, 0.6) is 0 Å². The topological polar surface area (TPSA) is 68.2 Å². The minimum atomic E-state index is -0.225. The molecule has 2 aromatic rings. The zero-order valence-electron chi connectivity index (χ0n) is 9.96. The lowest BCUT2D eigenvalue weighted by atomic mass is 10.4. The number of anilines is 1. The first-order chi connectivity index (χ1) is 8.20. The van der Waals surface area contributed by atoms with E-state index in [-0.39, 0.29) is 6.04 Å². The first kappa shape index (κ1) is 12.1. The van der Waals surface area contributed by atoms with E-state index in [9.17, 15) is 0 Å². The number of nitrogens with two attached hydrogens (primary N) is 1. The minimum absolute atomic E-state index is 0.225. The van der Waals surface area contributed by atoms with Crippen molar-refractivity contribution >= 4 is 17.4 Å². The Morgan fingerprint density at radius 3 is 2.88 bits per heavy atom. The maximum Gasteiger partial charge on any atom is 0.318 e. The maximum atomic E-state index is 5.69. The van der Waals surface area contributed by atoms with Gasteiger partial charge in [0.2, 0.25) is 5.89 Å². The zero-order valence-corrected chi connectivity index (χ0v) is 10.8. The van der Waals surface area contributed by atoms with E-state index in [2.05, 4.69) is 28.6 Å². The highest BCUT2D eigenvalue weighted by Crippen LogP contribution is 2.19. The number of thiophene rings is 1. The number of hydrogen-bond acceptors (Lipinski definition) is 6. The summed E-state index contributed by atoms with van der Waals surface area (Å²) in [4.78, 5) is 3.30. The molecule has 2 rings (SSSR count). The predicted molar refractivity (Wildman–Crippen MR) is 67.9 cm³/mol. The van der Waals surface area contributed by atoms with Gasteiger partial charge >= 0.3 is 6.01 Å². The highest BCUT2D eigenvalue weighted by molar-refractivity contribution is 7.09. The van der Waals surface area contributed by atoms with Gasteiger partial charge < -0.3 is 15.1 Å². The van der Waals surface area contributed by atoms with Crippen molar-refractivity contribution in [2.45, 2.75) is 26.4 Å². The number of hydrogen-bond donors (Lipinski definition) is 1. The van der Waals surface area contributed by atoms with Crippen LogP contribution in [0.1, 0.15) is 30.7 Å². The van der Waals surface area contributed by atoms with E-state index in [0.29, 0.717) is 11.9 Å². The molecule has 6 heteroatoms. The van der Waals surface area contributed by atoms with Crippen molar-refractivity contribution in [1.82, 2.24) is 10.2 Å². The molecule has 0 fully saturated rings. The lowest BCUT2D eigenvalue weighted by Crippen LogP contribution is -2.21. The zero-order chi connectivity index (χ0) is 12.3. The largest absolute Gasteiger partial charge is 0.406 e. The lowest BCUT2D eigenvalue weighted by Gasteiger charge is -2.16. The molecule has 2 heterocycles. The van der Waals surface area contributed by atoms with E-state index in [4.69, 9.17) is 10.2 Å². The van der Waals surface area contributed by atoms with Crippen LogP contribution >= 0.6 is 11.3 Å². The number of aromatic nitrogens is 2. The second-order valence-electron chi connectivity index (χ2n) is 3.81. The van der Waals surface area contributed by atoms with Gasteiger partial charge in [-0.1, -0.05) is 11.2 Å². The van der Waals surface area contributed by atoms with Gasteiger partial charge in [0, 0.05) is 11.4 Å². The van der Waals surface area contributed by atoms with Crippen LogP contribution in [-0.4, -0.2) is 16.7 Å². The van der Waals surface area contributed by atoms with Gasteiger partial charge in [-0.05, 0) is 25.3 Å². The highest BCUT2D eigenvalue weighted by Gasteiger charge is 2.15. The SMILES string of the molecule is CCN(Cc1cccs1)c1nnc(C(C)N)o1. The summed E-state index contributed by atoms with van der Waals surface area (Å²) in [5.41, 5.74) is 5.69. The Morgan fingerprint density at radius 2 is 2.35 bits per heavy atom. The summed E-state index contributed by atoms with van der Waals surface area (Å²) < 4.78 is 5.53. The molecule has 0 radical (unpaired) electrons. The Kier molecular flexibility index (Phi) is 3.75. The minimum Gasteiger partial charge on any atom is -0.406 e. The first-order valence-electron chi connectivity index (χ1n) is 5.57. The molecule has 1 unspecified atom stereocenters. The van der Waals surface area contributed by atoms with Gasteiger partial charge in [-0.3, -0.25) is 0 Å². The van der Waals surface area contributed by atoms with Gasteiger partial charge in [-0.2, -0.15) is 0 Å². The fourth-order valence-electron chi connectivity index (χ4n) is 1.44. The monoisotopic (exact) mass is 252 g/mol. The van der Waals surface area contributed by atoms with Crippen molar-refractivity contribution in [1.29, 1.82) is 0 Å². The average Bonchev–Trinajstić information content (AvgIpc) is 2.96. The molecule has 0 saturated carbocycles. The summed E-state index contributed by atoms with van der Waals surface area (Å²) >= 11 is 1.72. The summed E-state index contributed by atoms with van der Waals surface area (Å²) in [6.45, 7) is 5.49. The summed E-state index contributed by atoms with van der Waals surface area (Å²) in [6, 6.07) is 4.44. The normalized spacial score (nSPS) is 12.6. The summed E-state index contributed by atoms with van der Waals surface area (Å²) in [7, 11) is 0. The maximum absolute atomic E-state index is 5.69. The molecule has 0 amide bonds. The van der Waals surface area contributed by atoms with Crippen LogP contribution in [-0.2, 0) is 6.54 Å². The molecule has 0 aliphatic heterocycles. The van der Waals surface area contributed by atoms with Crippen molar-refractivity contribution in [3.8, 4) is 0 Å². The molecule has 2 N–H and O–H groups in total. The molecule has 92 valence electrons. The molecule has 17 heavy (non-hydrogen) atoms. The van der Waals surface area contributed by atoms with Gasteiger partial charge in [-0.15, -0.1) is 16.4 Å². The van der Waals surface area contributed by atoms with Crippen LogP contribution in [0.2, 0.25) is 0 Å². The smallest absolute Gasteiger partial charge is 0.318 e. The summed E-state index contributed by atoms with van der Waals surface area (Å²) in [6.07, 6.45) is 0. The van der Waals surface area contributed by atoms with Crippen LogP contribution in [0, 0.1) is 0 Å². The quantitative estimate of drug-likeness (QED) is 0.883. The van der Waals surface area contributed by atoms with E-state index in [0.717, 1.165) is 13.1 Å². The molecule has 5 nitrogen and oxygen atoms in total. The van der Waals surface area contributed by atoms with Gasteiger partial charge in [0.05, 0.1) is 12.6 Å². The highest BCUT2D eigenvalue weighted by atomic mass is 32.1. The molecule has 0 aliphatic carbocycles. The second kappa shape index (κ2) is 5.29. The first-order valence-corrected chi connectivity index (χ1v) is 6.45. The van der Waals surface area contributed by atoms with E-state index < -0.39 is 0 Å². The Balaban J connectivity index is 2.11. The van der Waals surface area contributed by atoms with Crippen LogP contribution in [0.25, 0.3) is 0 Å². The molecule has 0 spiro atoms. The Labute approximate surface area is 104 Å². The van der Waals surface area contributed by atoms with Crippen molar-refractivity contribution < 1.29 is 4.42 Å². The van der Waals surface area contributed by atoms with Crippen molar-refractivity contribution in [3.05, 3.63) is 28.3 Å². The third-order valence-electron chi connectivity index (χ3n) is 2.40. The van der Waals surface area contributed by atoms with E-state index >= 15 is 0 Å². The molecule has 0 aliphatic rings. The molecule has 0 bridgehead atoms. The summed E-state index contributed by atoms with van der Waals surface area (Å²) in [5.74, 6) is 0.477. The van der Waals surface area contributed by atoms with Gasteiger partial charge in [-0.25, -0.2) is 0 Å². The molecule has 0 aromatic carbocycles. The molecule has 0 saturated heterocycles. The average molecular weight is 252 g/mol. The lowest BCUT2D eigenvalue weighted by molar-refractivity contribution is 0.457. The van der Waals surface area contributed by atoms with E-state index in [1.54, 1.807) is 11.3 Å². The third kappa shape index (κ3) is 2.83. The number of rotatable bonds is 5. The Morgan fingerprint density at radius 1 is 1.53 bits per heavy atom. The van der Waals surface area contributed by atoms with Crippen molar-refractivity contribution in [2.75, 3.05) is 11.4 Å². The van der Waals surface area contributed by atoms with E-state index in [1.807, 2.05) is 17.9 Å². The predicted octanol–water partition coefficient (Wildman–Crippen LogP) is 2.18. The van der Waals surface area contributed by atoms with Crippen LogP contribution < -0.4 is 10.6 Å². The second-order valence-corrected chi connectivity index (χ2v) is 4.84. The fraction of sp³-hybridized carbons (Fsp3) is 0.455. The van der Waals surface area contributed by atoms with Crippen LogP contribution in [0.15, 0.2) is 21.9 Å². The van der Waals surface area contributed by atoms with Gasteiger partial charge in [0.25, 0.3) is 0 Å². The van der Waals surface area contributed by atoms with E-state index in [1.165, 1.54) is 4.88 Å². The molecule has 2 aromatic heterocycles.